The van der Waals surface area contributed by atoms with Gasteiger partial charge in [-0.05, 0) is 26.4 Å². The van der Waals surface area contributed by atoms with Crippen LogP contribution in [0.25, 0.3) is 0 Å². The average molecular weight is 327 g/mol. The molecule has 1 aromatic heterocycles. The van der Waals surface area contributed by atoms with Crippen molar-refractivity contribution in [2.45, 2.75) is 6.54 Å². The lowest BCUT2D eigenvalue weighted by atomic mass is 10.2. The van der Waals surface area contributed by atoms with E-state index in [0.717, 1.165) is 0 Å². The monoisotopic (exact) mass is 326 g/mol. The highest BCUT2D eigenvalue weighted by Crippen LogP contribution is 2.28. The van der Waals surface area contributed by atoms with Gasteiger partial charge in [-0.1, -0.05) is 12.1 Å². The standard InChI is InChI=1S/C10H7BrN4O4/c11-10-7(2-1-3-8(10)14(16)17)6-13-5-4-9(12-13)15(18)19/h1-5H,6H2. The Labute approximate surface area is 115 Å². The molecule has 0 bridgehead atoms. The van der Waals surface area contributed by atoms with Gasteiger partial charge in [-0.25, -0.2) is 0 Å². The van der Waals surface area contributed by atoms with Gasteiger partial charge in [0, 0.05) is 6.07 Å². The summed E-state index contributed by atoms with van der Waals surface area (Å²) in [5.41, 5.74) is 0.561. The van der Waals surface area contributed by atoms with Gasteiger partial charge in [-0.3, -0.25) is 10.1 Å². The van der Waals surface area contributed by atoms with E-state index in [-0.39, 0.29) is 18.1 Å². The molecular weight excluding hydrogens is 320 g/mol. The fourth-order valence-electron chi connectivity index (χ4n) is 1.54. The Morgan fingerprint density at radius 3 is 2.53 bits per heavy atom. The van der Waals surface area contributed by atoms with Crippen molar-refractivity contribution in [2.75, 3.05) is 0 Å². The molecule has 0 fully saturated rings. The van der Waals surface area contributed by atoms with Crippen LogP contribution in [0.3, 0.4) is 0 Å². The number of nitrogens with zero attached hydrogens (tertiary/aromatic N) is 4. The Hall–Kier alpha value is -2.29. The molecule has 0 saturated heterocycles. The smallest absolute Gasteiger partial charge is 0.358 e. The molecule has 0 aliphatic carbocycles. The summed E-state index contributed by atoms with van der Waals surface area (Å²) in [4.78, 5) is 20.2. The number of nitro groups is 2. The molecule has 0 aliphatic heterocycles. The molecule has 0 radical (unpaired) electrons. The van der Waals surface area contributed by atoms with Crippen molar-refractivity contribution in [3.8, 4) is 0 Å². The van der Waals surface area contributed by atoms with Crippen LogP contribution in [-0.2, 0) is 6.54 Å². The number of hydrogen-bond acceptors (Lipinski definition) is 5. The van der Waals surface area contributed by atoms with Gasteiger partial charge in [0.1, 0.15) is 4.47 Å². The van der Waals surface area contributed by atoms with Crippen LogP contribution in [0.1, 0.15) is 5.56 Å². The van der Waals surface area contributed by atoms with Gasteiger partial charge in [0.2, 0.25) is 0 Å². The van der Waals surface area contributed by atoms with Gasteiger partial charge in [0.25, 0.3) is 5.69 Å². The molecule has 1 heterocycles. The minimum Gasteiger partial charge on any atom is -0.358 e. The minimum absolute atomic E-state index is 0.0563. The molecule has 0 unspecified atom stereocenters. The van der Waals surface area contributed by atoms with E-state index in [2.05, 4.69) is 21.0 Å². The van der Waals surface area contributed by atoms with E-state index in [0.29, 0.717) is 10.0 Å². The largest absolute Gasteiger partial charge is 0.389 e. The summed E-state index contributed by atoms with van der Waals surface area (Å²) in [7, 11) is 0. The predicted molar refractivity (Wildman–Crippen MR) is 68.8 cm³/mol. The first-order chi connectivity index (χ1) is 8.99. The van der Waals surface area contributed by atoms with Crippen LogP contribution < -0.4 is 0 Å². The molecule has 0 atom stereocenters. The molecule has 19 heavy (non-hydrogen) atoms. The maximum absolute atomic E-state index is 10.8. The number of aromatic nitrogens is 2. The minimum atomic E-state index is -0.598. The normalized spacial score (nSPS) is 10.4. The fourth-order valence-corrected chi connectivity index (χ4v) is 2.07. The predicted octanol–water partition coefficient (Wildman–Crippen LogP) is 2.51. The number of hydrogen-bond donors (Lipinski definition) is 0. The van der Waals surface area contributed by atoms with Crippen LogP contribution in [0.4, 0.5) is 11.5 Å². The average Bonchev–Trinajstić information content (AvgIpc) is 2.80. The highest BCUT2D eigenvalue weighted by molar-refractivity contribution is 9.10. The molecule has 0 saturated carbocycles. The summed E-state index contributed by atoms with van der Waals surface area (Å²) in [6, 6.07) is 5.88. The first-order valence-corrected chi connectivity index (χ1v) is 5.88. The van der Waals surface area contributed by atoms with E-state index in [9.17, 15) is 20.2 Å². The molecule has 2 aromatic rings. The molecule has 9 heteroatoms. The van der Waals surface area contributed by atoms with E-state index in [1.807, 2.05) is 0 Å². The van der Waals surface area contributed by atoms with Gasteiger partial charge >= 0.3 is 5.82 Å². The summed E-state index contributed by atoms with van der Waals surface area (Å²) in [6.07, 6.45) is 1.45. The first kappa shape index (κ1) is 13.1. The van der Waals surface area contributed by atoms with Crippen LogP contribution in [0.2, 0.25) is 0 Å². The highest BCUT2D eigenvalue weighted by Gasteiger charge is 2.17. The zero-order valence-corrected chi connectivity index (χ0v) is 11.0. The van der Waals surface area contributed by atoms with Crippen molar-refractivity contribution in [2.24, 2.45) is 0 Å². The molecule has 98 valence electrons. The van der Waals surface area contributed by atoms with Gasteiger partial charge in [-0.2, -0.15) is 4.68 Å². The Morgan fingerprint density at radius 1 is 1.21 bits per heavy atom. The van der Waals surface area contributed by atoms with E-state index >= 15 is 0 Å². The SMILES string of the molecule is O=[N+]([O-])c1ccn(Cc2cccc([N+](=O)[O-])c2Br)n1. The molecular formula is C10H7BrN4O4. The number of rotatable bonds is 4. The van der Waals surface area contributed by atoms with Crippen LogP contribution >= 0.6 is 15.9 Å². The Balaban J connectivity index is 2.30. The summed E-state index contributed by atoms with van der Waals surface area (Å²) >= 11 is 3.16. The van der Waals surface area contributed by atoms with E-state index in [1.54, 1.807) is 12.1 Å². The molecule has 0 spiro atoms. The Bertz CT molecular complexity index is 655. The third-order valence-corrected chi connectivity index (χ3v) is 3.32. The van der Waals surface area contributed by atoms with Crippen LogP contribution in [-0.4, -0.2) is 19.6 Å². The molecule has 1 aromatic carbocycles. The van der Waals surface area contributed by atoms with Crippen LogP contribution in [0.5, 0.6) is 0 Å². The molecule has 8 nitrogen and oxygen atoms in total. The molecule has 0 aliphatic rings. The van der Waals surface area contributed by atoms with Gasteiger partial charge < -0.3 is 10.1 Å². The fraction of sp³-hybridized carbons (Fsp3) is 0.100. The highest BCUT2D eigenvalue weighted by atomic mass is 79.9. The number of halogens is 1. The molecule has 0 amide bonds. The first-order valence-electron chi connectivity index (χ1n) is 5.08. The van der Waals surface area contributed by atoms with Crippen LogP contribution in [0.15, 0.2) is 34.9 Å². The van der Waals surface area contributed by atoms with Gasteiger partial charge in [0.05, 0.1) is 28.8 Å². The number of benzene rings is 1. The quantitative estimate of drug-likeness (QED) is 0.634. The van der Waals surface area contributed by atoms with E-state index < -0.39 is 9.85 Å². The molecule has 0 N–H and O–H groups in total. The second-order valence-electron chi connectivity index (χ2n) is 3.64. The Kier molecular flexibility index (Phi) is 3.56. The molecule has 2 rings (SSSR count). The van der Waals surface area contributed by atoms with Crippen LogP contribution in [0, 0.1) is 20.2 Å². The van der Waals surface area contributed by atoms with E-state index in [1.165, 1.54) is 23.0 Å². The zero-order chi connectivity index (χ0) is 14.0. The Morgan fingerprint density at radius 2 is 1.95 bits per heavy atom. The maximum Gasteiger partial charge on any atom is 0.389 e. The summed E-state index contributed by atoms with van der Waals surface area (Å²) in [6.45, 7) is 0.204. The van der Waals surface area contributed by atoms with Crippen molar-refractivity contribution in [1.82, 2.24) is 9.78 Å². The van der Waals surface area contributed by atoms with Gasteiger partial charge in [-0.15, -0.1) is 0 Å². The summed E-state index contributed by atoms with van der Waals surface area (Å²) in [5, 5.41) is 25.0. The summed E-state index contributed by atoms with van der Waals surface area (Å²) < 4.78 is 1.69. The second-order valence-corrected chi connectivity index (χ2v) is 4.43. The number of nitro benzene ring substituents is 1. The lowest BCUT2D eigenvalue weighted by Crippen LogP contribution is -2.03. The van der Waals surface area contributed by atoms with Crippen molar-refractivity contribution >= 4 is 27.4 Å². The van der Waals surface area contributed by atoms with E-state index in [4.69, 9.17) is 0 Å². The lowest BCUT2D eigenvalue weighted by molar-refractivity contribution is -0.389. The van der Waals surface area contributed by atoms with Crippen molar-refractivity contribution < 1.29 is 9.85 Å². The summed E-state index contributed by atoms with van der Waals surface area (Å²) in [5.74, 6) is -0.262. The topological polar surface area (TPSA) is 104 Å². The van der Waals surface area contributed by atoms with Gasteiger partial charge in [0.15, 0.2) is 0 Å². The third kappa shape index (κ3) is 2.76. The second kappa shape index (κ2) is 5.14. The zero-order valence-electron chi connectivity index (χ0n) is 9.39. The van der Waals surface area contributed by atoms with Crippen molar-refractivity contribution in [3.63, 3.8) is 0 Å². The maximum atomic E-state index is 10.8. The van der Waals surface area contributed by atoms with Crippen molar-refractivity contribution in [3.05, 3.63) is 60.7 Å². The van der Waals surface area contributed by atoms with Crippen molar-refractivity contribution in [1.29, 1.82) is 0 Å². The lowest BCUT2D eigenvalue weighted by Gasteiger charge is -2.02. The third-order valence-electron chi connectivity index (χ3n) is 2.40.